The van der Waals surface area contributed by atoms with Crippen molar-refractivity contribution >= 4 is 5.97 Å². The van der Waals surface area contributed by atoms with Crippen LogP contribution in [0.25, 0.3) is 0 Å². The summed E-state index contributed by atoms with van der Waals surface area (Å²) in [7, 11) is 2.47. The molecule has 88 valence electrons. The Morgan fingerprint density at radius 1 is 1.20 bits per heavy atom. The molecule has 1 unspecified atom stereocenters. The summed E-state index contributed by atoms with van der Waals surface area (Å²) >= 11 is 0. The molecule has 0 radical (unpaired) electrons. The normalized spacial score (nSPS) is 41.5. The number of carboxylic acid groups (broad SMARTS) is 1. The molecule has 0 saturated carbocycles. The zero-order valence-electron chi connectivity index (χ0n) is 8.36. The topological polar surface area (TPSA) is 105 Å². The van der Waals surface area contributed by atoms with Gasteiger partial charge in [-0.25, -0.2) is 4.79 Å². The van der Waals surface area contributed by atoms with E-state index in [0.29, 0.717) is 0 Å². The lowest BCUT2D eigenvalue weighted by Gasteiger charge is -2.39. The van der Waals surface area contributed by atoms with Gasteiger partial charge in [0.15, 0.2) is 12.4 Å². The molecule has 15 heavy (non-hydrogen) atoms. The summed E-state index contributed by atoms with van der Waals surface area (Å²) in [5.41, 5.74) is 0. The van der Waals surface area contributed by atoms with E-state index in [9.17, 15) is 15.0 Å². The highest BCUT2D eigenvalue weighted by atomic mass is 16.7. The predicted octanol–water partition coefficient (Wildman–Crippen LogP) is -1.82. The van der Waals surface area contributed by atoms with Crippen LogP contribution in [0.2, 0.25) is 0 Å². The number of carboxylic acids is 1. The van der Waals surface area contributed by atoms with Gasteiger partial charge in [0.1, 0.15) is 18.3 Å². The minimum atomic E-state index is -1.37. The second-order valence-electron chi connectivity index (χ2n) is 3.18. The Hall–Kier alpha value is -0.730. The summed E-state index contributed by atoms with van der Waals surface area (Å²) in [4.78, 5) is 10.8. The molecule has 7 heteroatoms. The SMILES string of the molecule is CO[C@@H]1OC(C(=O)O)[C@@H](OC)[C@H](O)[C@@H]1O. The summed E-state index contributed by atoms with van der Waals surface area (Å²) in [6, 6.07) is 0. The van der Waals surface area contributed by atoms with E-state index in [2.05, 4.69) is 0 Å². The van der Waals surface area contributed by atoms with E-state index in [1.165, 1.54) is 14.2 Å². The molecule has 0 aliphatic carbocycles. The van der Waals surface area contributed by atoms with Crippen LogP contribution in [0.5, 0.6) is 0 Å². The van der Waals surface area contributed by atoms with Crippen LogP contribution in [0.4, 0.5) is 0 Å². The Kier molecular flexibility index (Phi) is 4.00. The second kappa shape index (κ2) is 4.86. The Morgan fingerprint density at radius 3 is 2.20 bits per heavy atom. The molecule has 0 bridgehead atoms. The van der Waals surface area contributed by atoms with Gasteiger partial charge in [-0.1, -0.05) is 0 Å². The van der Waals surface area contributed by atoms with Gasteiger partial charge in [0.05, 0.1) is 0 Å². The fraction of sp³-hybridized carbons (Fsp3) is 0.875. The summed E-state index contributed by atoms with van der Waals surface area (Å²) in [6.45, 7) is 0. The lowest BCUT2D eigenvalue weighted by Crippen LogP contribution is -2.60. The summed E-state index contributed by atoms with van der Waals surface area (Å²) in [6.07, 6.45) is -6.36. The molecule has 5 atom stereocenters. The van der Waals surface area contributed by atoms with Gasteiger partial charge in [-0.15, -0.1) is 0 Å². The van der Waals surface area contributed by atoms with E-state index in [-0.39, 0.29) is 0 Å². The monoisotopic (exact) mass is 222 g/mol. The van der Waals surface area contributed by atoms with Crippen molar-refractivity contribution in [2.24, 2.45) is 0 Å². The largest absolute Gasteiger partial charge is 0.479 e. The van der Waals surface area contributed by atoms with Crippen molar-refractivity contribution in [1.82, 2.24) is 0 Å². The molecule has 1 fully saturated rings. The number of carbonyl (C=O) groups is 1. The minimum Gasteiger partial charge on any atom is -0.479 e. The van der Waals surface area contributed by atoms with Crippen molar-refractivity contribution in [3.05, 3.63) is 0 Å². The molecular formula is C8H14O7. The Bertz CT molecular complexity index is 231. The van der Waals surface area contributed by atoms with E-state index in [0.717, 1.165) is 0 Å². The molecule has 1 rings (SSSR count). The highest BCUT2D eigenvalue weighted by molar-refractivity contribution is 5.73. The van der Waals surface area contributed by atoms with Crippen LogP contribution < -0.4 is 0 Å². The number of hydrogen-bond donors (Lipinski definition) is 3. The molecule has 0 amide bonds. The van der Waals surface area contributed by atoms with Crippen molar-refractivity contribution in [3.8, 4) is 0 Å². The predicted molar refractivity (Wildman–Crippen MR) is 46.1 cm³/mol. The average Bonchev–Trinajstić information content (AvgIpc) is 2.21. The molecule has 1 aliphatic heterocycles. The minimum absolute atomic E-state index is 1.12. The van der Waals surface area contributed by atoms with Crippen LogP contribution >= 0.6 is 0 Å². The number of ether oxygens (including phenoxy) is 3. The Morgan fingerprint density at radius 2 is 1.80 bits per heavy atom. The van der Waals surface area contributed by atoms with Gasteiger partial charge >= 0.3 is 5.97 Å². The summed E-state index contributed by atoms with van der Waals surface area (Å²) < 4.78 is 14.4. The van der Waals surface area contributed by atoms with E-state index < -0.39 is 36.7 Å². The van der Waals surface area contributed by atoms with Gasteiger partial charge < -0.3 is 29.5 Å². The van der Waals surface area contributed by atoms with Crippen LogP contribution in [-0.4, -0.2) is 66.2 Å². The average molecular weight is 222 g/mol. The Labute approximate surface area is 86.2 Å². The molecule has 0 aromatic heterocycles. The maximum Gasteiger partial charge on any atom is 0.335 e. The number of hydrogen-bond acceptors (Lipinski definition) is 6. The zero-order chi connectivity index (χ0) is 11.6. The van der Waals surface area contributed by atoms with Gasteiger partial charge in [-0.05, 0) is 0 Å². The van der Waals surface area contributed by atoms with Gasteiger partial charge in [0, 0.05) is 14.2 Å². The number of aliphatic carboxylic acids is 1. The molecule has 7 nitrogen and oxygen atoms in total. The molecule has 0 spiro atoms. The van der Waals surface area contributed by atoms with Crippen molar-refractivity contribution in [2.45, 2.75) is 30.7 Å². The molecule has 1 saturated heterocycles. The van der Waals surface area contributed by atoms with Crippen LogP contribution in [-0.2, 0) is 19.0 Å². The number of aliphatic hydroxyl groups is 2. The molecule has 3 N–H and O–H groups in total. The van der Waals surface area contributed by atoms with Crippen LogP contribution in [0.1, 0.15) is 0 Å². The van der Waals surface area contributed by atoms with E-state index >= 15 is 0 Å². The molecule has 1 aliphatic rings. The Balaban J connectivity index is 2.84. The third-order valence-corrected chi connectivity index (χ3v) is 2.29. The second-order valence-corrected chi connectivity index (χ2v) is 3.18. The number of rotatable bonds is 3. The van der Waals surface area contributed by atoms with Crippen molar-refractivity contribution in [3.63, 3.8) is 0 Å². The van der Waals surface area contributed by atoms with E-state index in [1.807, 2.05) is 0 Å². The van der Waals surface area contributed by atoms with Crippen LogP contribution in [0.15, 0.2) is 0 Å². The summed E-state index contributed by atoms with van der Waals surface area (Å²) in [5.74, 6) is -1.28. The highest BCUT2D eigenvalue weighted by Crippen LogP contribution is 2.23. The number of methoxy groups -OCH3 is 2. The fourth-order valence-corrected chi connectivity index (χ4v) is 1.49. The maximum atomic E-state index is 10.8. The smallest absolute Gasteiger partial charge is 0.335 e. The quantitative estimate of drug-likeness (QED) is 0.516. The maximum absolute atomic E-state index is 10.8. The van der Waals surface area contributed by atoms with Crippen molar-refractivity contribution in [1.29, 1.82) is 0 Å². The number of aliphatic hydroxyl groups excluding tert-OH is 2. The molecular weight excluding hydrogens is 208 g/mol. The lowest BCUT2D eigenvalue weighted by molar-refractivity contribution is -0.290. The third kappa shape index (κ3) is 2.27. The first-order chi connectivity index (χ1) is 7.02. The van der Waals surface area contributed by atoms with Gasteiger partial charge in [0.25, 0.3) is 0 Å². The summed E-state index contributed by atoms with van der Waals surface area (Å²) in [5, 5.41) is 27.8. The van der Waals surface area contributed by atoms with Crippen molar-refractivity contribution in [2.75, 3.05) is 14.2 Å². The highest BCUT2D eigenvalue weighted by Gasteiger charge is 2.48. The molecule has 0 aromatic carbocycles. The van der Waals surface area contributed by atoms with Crippen LogP contribution in [0, 0.1) is 0 Å². The fourth-order valence-electron chi connectivity index (χ4n) is 1.49. The molecule has 0 aromatic rings. The lowest BCUT2D eigenvalue weighted by atomic mass is 9.99. The molecule has 1 heterocycles. The van der Waals surface area contributed by atoms with Crippen LogP contribution in [0.3, 0.4) is 0 Å². The first-order valence-corrected chi connectivity index (χ1v) is 4.33. The van der Waals surface area contributed by atoms with Crippen molar-refractivity contribution < 1.29 is 34.3 Å². The van der Waals surface area contributed by atoms with Gasteiger partial charge in [-0.3, -0.25) is 0 Å². The van der Waals surface area contributed by atoms with E-state index in [1.54, 1.807) is 0 Å². The first kappa shape index (κ1) is 12.3. The first-order valence-electron chi connectivity index (χ1n) is 4.33. The van der Waals surface area contributed by atoms with Gasteiger partial charge in [-0.2, -0.15) is 0 Å². The van der Waals surface area contributed by atoms with Gasteiger partial charge in [0.2, 0.25) is 0 Å². The third-order valence-electron chi connectivity index (χ3n) is 2.29. The van der Waals surface area contributed by atoms with E-state index in [4.69, 9.17) is 19.3 Å². The standard InChI is InChI=1S/C8H14O7/c1-13-5-3(9)4(10)8(14-2)15-6(5)7(11)12/h3-6,8-10H,1-2H3,(H,11,12)/t3-,4+,5+,6?,8-/m1/s1. The zero-order valence-corrected chi connectivity index (χ0v) is 8.36.